The van der Waals surface area contributed by atoms with Gasteiger partial charge in [-0.05, 0) is 23.7 Å². The van der Waals surface area contributed by atoms with Crippen LogP contribution in [0.1, 0.15) is 51.5 Å². The van der Waals surface area contributed by atoms with Crippen molar-refractivity contribution in [2.75, 3.05) is 13.7 Å². The van der Waals surface area contributed by atoms with Crippen LogP contribution in [0.25, 0.3) is 0 Å². The molecule has 5 atom stereocenters. The van der Waals surface area contributed by atoms with Crippen LogP contribution >= 0.6 is 0 Å². The zero-order chi connectivity index (χ0) is 26.3. The van der Waals surface area contributed by atoms with Gasteiger partial charge in [-0.3, -0.25) is 4.79 Å². The van der Waals surface area contributed by atoms with E-state index >= 15 is 0 Å². The minimum atomic E-state index is -2.23. The molecule has 7 heteroatoms. The van der Waals surface area contributed by atoms with Gasteiger partial charge >= 0.3 is 5.97 Å². The van der Waals surface area contributed by atoms with Gasteiger partial charge in [0.05, 0.1) is 32.3 Å². The Balaban J connectivity index is 1.95. The quantitative estimate of drug-likeness (QED) is 0.318. The molecule has 1 aliphatic rings. The first kappa shape index (κ1) is 28.5. The zero-order valence-electron chi connectivity index (χ0n) is 22.8. The molecule has 6 nitrogen and oxygen atoms in total. The van der Waals surface area contributed by atoms with Gasteiger partial charge in [0, 0.05) is 24.1 Å². The fourth-order valence-electron chi connectivity index (χ4n) is 4.14. The van der Waals surface area contributed by atoms with E-state index in [1.165, 1.54) is 7.11 Å². The van der Waals surface area contributed by atoms with Gasteiger partial charge in [0.1, 0.15) is 0 Å². The first-order valence-corrected chi connectivity index (χ1v) is 15.8. The fraction of sp³-hybridized carbons (Fsp3) is 0.552. The number of rotatable bonds is 10. The number of nitrogens with one attached hydrogen (secondary N) is 1. The minimum absolute atomic E-state index is 0.00622. The van der Waals surface area contributed by atoms with E-state index in [4.69, 9.17) is 18.6 Å². The third kappa shape index (κ3) is 7.49. The van der Waals surface area contributed by atoms with E-state index in [1.54, 1.807) is 0 Å². The Kier molecular flexibility index (Phi) is 9.89. The Morgan fingerprint density at radius 3 is 2.28 bits per heavy atom. The average Bonchev–Trinajstić information content (AvgIpc) is 2.86. The summed E-state index contributed by atoms with van der Waals surface area (Å²) in [6, 6.07) is 19.9. The summed E-state index contributed by atoms with van der Waals surface area (Å²) in [7, 11) is -0.798. The molecule has 1 fully saturated rings. The van der Waals surface area contributed by atoms with E-state index in [1.807, 2.05) is 48.5 Å². The van der Waals surface area contributed by atoms with Gasteiger partial charge in [0.15, 0.2) is 14.6 Å². The number of carbonyl (C=O) groups excluding carboxylic acids is 1. The highest BCUT2D eigenvalue weighted by Gasteiger charge is 2.46. The molecule has 0 amide bonds. The Bertz CT molecular complexity index is 947. The molecule has 0 spiro atoms. The van der Waals surface area contributed by atoms with Crippen LogP contribution in [0, 0.1) is 5.92 Å². The van der Waals surface area contributed by atoms with Crippen molar-refractivity contribution >= 4 is 14.3 Å². The number of ether oxygens (including phenoxy) is 3. The van der Waals surface area contributed by atoms with Crippen molar-refractivity contribution in [3.05, 3.63) is 71.8 Å². The smallest absolute Gasteiger partial charge is 0.307 e. The van der Waals surface area contributed by atoms with Crippen LogP contribution in [0.15, 0.2) is 60.7 Å². The molecule has 2 aromatic carbocycles. The molecule has 0 saturated carbocycles. The maximum Gasteiger partial charge on any atom is 0.307 e. The highest BCUT2D eigenvalue weighted by atomic mass is 28.4. The highest BCUT2D eigenvalue weighted by Crippen LogP contribution is 2.40. The van der Waals surface area contributed by atoms with E-state index in [2.05, 4.69) is 58.2 Å². The molecular formula is C29H43NO5Si. The summed E-state index contributed by atoms with van der Waals surface area (Å²) in [6.45, 7) is 14.4. The van der Waals surface area contributed by atoms with E-state index < -0.39 is 14.6 Å². The molecule has 1 aliphatic heterocycles. The van der Waals surface area contributed by atoms with Crippen molar-refractivity contribution in [3.63, 3.8) is 0 Å². The Morgan fingerprint density at radius 1 is 1.08 bits per heavy atom. The second-order valence-corrected chi connectivity index (χ2v) is 16.0. The van der Waals surface area contributed by atoms with Crippen molar-refractivity contribution in [1.82, 2.24) is 5.32 Å². The van der Waals surface area contributed by atoms with Crippen LogP contribution in [-0.4, -0.2) is 46.3 Å². The molecule has 0 aliphatic carbocycles. The van der Waals surface area contributed by atoms with Crippen molar-refractivity contribution in [2.45, 2.75) is 83.3 Å². The molecule has 0 bridgehead atoms. The van der Waals surface area contributed by atoms with Gasteiger partial charge in [0.25, 0.3) is 0 Å². The van der Waals surface area contributed by atoms with Crippen LogP contribution < -0.4 is 5.32 Å². The summed E-state index contributed by atoms with van der Waals surface area (Å²) in [5.41, 5.74) is 2.11. The number of methoxy groups -OCH3 is 1. The van der Waals surface area contributed by atoms with Gasteiger partial charge in [-0.1, -0.05) is 88.4 Å². The third-order valence-electron chi connectivity index (χ3n) is 7.41. The third-order valence-corrected chi connectivity index (χ3v) is 11.9. The largest absolute Gasteiger partial charge is 0.469 e. The van der Waals surface area contributed by atoms with E-state index in [9.17, 15) is 4.79 Å². The first-order valence-electron chi connectivity index (χ1n) is 12.9. The lowest BCUT2D eigenvalue weighted by molar-refractivity contribution is -0.259. The lowest BCUT2D eigenvalue weighted by Crippen LogP contribution is -2.58. The maximum absolute atomic E-state index is 12.6. The van der Waals surface area contributed by atoms with Crippen molar-refractivity contribution in [3.8, 4) is 0 Å². The monoisotopic (exact) mass is 513 g/mol. The van der Waals surface area contributed by atoms with Gasteiger partial charge in [-0.25, -0.2) is 0 Å². The van der Waals surface area contributed by atoms with Crippen molar-refractivity contribution < 1.29 is 23.4 Å². The Hall–Kier alpha value is -2.03. The van der Waals surface area contributed by atoms with Gasteiger partial charge in [-0.2, -0.15) is 0 Å². The molecule has 1 heterocycles. The Morgan fingerprint density at radius 2 is 1.69 bits per heavy atom. The van der Waals surface area contributed by atoms with E-state index in [-0.39, 0.29) is 41.6 Å². The predicted octanol–water partition coefficient (Wildman–Crippen LogP) is 5.85. The number of carbonyl (C=O) groups is 1. The summed E-state index contributed by atoms with van der Waals surface area (Å²) < 4.78 is 24.9. The number of hydrogen-bond donors (Lipinski definition) is 1. The molecule has 2 aromatic rings. The lowest BCUT2D eigenvalue weighted by Gasteiger charge is -2.47. The van der Waals surface area contributed by atoms with Crippen LogP contribution in [0.3, 0.4) is 0 Å². The lowest BCUT2D eigenvalue weighted by atomic mass is 9.92. The first-order chi connectivity index (χ1) is 17.0. The van der Waals surface area contributed by atoms with Crippen molar-refractivity contribution in [2.24, 2.45) is 5.92 Å². The van der Waals surface area contributed by atoms with E-state index in [0.29, 0.717) is 13.2 Å². The van der Waals surface area contributed by atoms with Gasteiger partial charge < -0.3 is 24.0 Å². The predicted molar refractivity (Wildman–Crippen MR) is 145 cm³/mol. The summed E-state index contributed by atoms with van der Waals surface area (Å²) in [4.78, 5) is 12.6. The number of hydrogen-bond acceptors (Lipinski definition) is 6. The van der Waals surface area contributed by atoms with Crippen LogP contribution in [-0.2, 0) is 30.0 Å². The highest BCUT2D eigenvalue weighted by molar-refractivity contribution is 6.74. The SMILES string of the molecule is COC(=O)C[C@@H](NCc1ccccc1)[C@H](O[Si](C)(C)C(C)(C)C)[C@@H]1OC(c2ccccc2)OC[C@@H]1C. The van der Waals surface area contributed by atoms with Gasteiger partial charge in [0.2, 0.25) is 0 Å². The zero-order valence-corrected chi connectivity index (χ0v) is 23.8. The van der Waals surface area contributed by atoms with Crippen LogP contribution in [0.2, 0.25) is 18.1 Å². The summed E-state index contributed by atoms with van der Waals surface area (Å²) in [5, 5.41) is 3.62. The maximum atomic E-state index is 12.6. The summed E-state index contributed by atoms with van der Waals surface area (Å²) in [5.74, 6) is -0.192. The second-order valence-electron chi connectivity index (χ2n) is 11.2. The normalized spacial score (nSPS) is 22.6. The molecule has 3 rings (SSSR count). The van der Waals surface area contributed by atoms with Crippen molar-refractivity contribution in [1.29, 1.82) is 0 Å². The molecule has 1 saturated heterocycles. The van der Waals surface area contributed by atoms with Crippen LogP contribution in [0.4, 0.5) is 0 Å². The topological polar surface area (TPSA) is 66.0 Å². The molecule has 0 aromatic heterocycles. The Labute approximate surface area is 217 Å². The summed E-state index contributed by atoms with van der Waals surface area (Å²) in [6.07, 6.45) is -0.924. The standard InChI is InChI=1S/C29H43NO5Si/c1-21-20-33-28(23-16-12-9-13-17-23)34-26(21)27(35-36(6,7)29(2,3)4)24(18-25(31)32-5)30-19-22-14-10-8-11-15-22/h8-17,21,24,26-28,30H,18-20H2,1-7H3/t21-,24+,26+,27-,28?/m0/s1. The number of esters is 1. The molecule has 0 radical (unpaired) electrons. The molecule has 198 valence electrons. The molecular weight excluding hydrogens is 470 g/mol. The van der Waals surface area contributed by atoms with Crippen LogP contribution in [0.5, 0.6) is 0 Å². The second kappa shape index (κ2) is 12.5. The number of benzene rings is 2. The van der Waals surface area contributed by atoms with E-state index in [0.717, 1.165) is 11.1 Å². The molecule has 1 unspecified atom stereocenters. The van der Waals surface area contributed by atoms with Gasteiger partial charge in [-0.15, -0.1) is 0 Å². The fourth-order valence-corrected chi connectivity index (χ4v) is 5.48. The summed E-state index contributed by atoms with van der Waals surface area (Å²) >= 11 is 0. The molecule has 1 N–H and O–H groups in total. The minimum Gasteiger partial charge on any atom is -0.469 e. The average molecular weight is 514 g/mol. The molecule has 36 heavy (non-hydrogen) atoms.